The average molecular weight is 790 g/mol. The van der Waals surface area contributed by atoms with Crippen LogP contribution in [0.5, 0.6) is 0 Å². The van der Waals surface area contributed by atoms with E-state index in [4.69, 9.17) is 0 Å². The monoisotopic (exact) mass is 789 g/mol. The molecule has 9 heteroatoms. The van der Waals surface area contributed by atoms with E-state index in [-0.39, 0.29) is 37.0 Å². The molecule has 6 aromatic carbocycles. The van der Waals surface area contributed by atoms with Gasteiger partial charge in [-0.2, -0.15) is 15.8 Å². The molecule has 0 heterocycles. The minimum atomic E-state index is -3.50. The summed E-state index contributed by atoms with van der Waals surface area (Å²) in [6.07, 6.45) is 0.355. The summed E-state index contributed by atoms with van der Waals surface area (Å²) < 4.78 is 48.2. The molecule has 0 fully saturated rings. The van der Waals surface area contributed by atoms with Crippen LogP contribution >= 0.6 is 21.4 Å². The van der Waals surface area contributed by atoms with Crippen molar-refractivity contribution in [1.82, 2.24) is 0 Å². The highest BCUT2D eigenvalue weighted by Gasteiger charge is 2.46. The first-order valence-electron chi connectivity index (χ1n) is 18.4. The fraction of sp³-hybridized carbons (Fsp3) is 0.170. The molecule has 6 aromatic rings. The van der Waals surface area contributed by atoms with Crippen molar-refractivity contribution in [3.63, 3.8) is 0 Å². The first kappa shape index (κ1) is 40.2. The van der Waals surface area contributed by atoms with E-state index >= 15 is 13.7 Å². The Bertz CT molecular complexity index is 2310. The van der Waals surface area contributed by atoms with Crippen LogP contribution in [0.15, 0.2) is 164 Å². The maximum atomic E-state index is 16.1. The Morgan fingerprint density at radius 2 is 0.625 bits per heavy atom. The molecule has 56 heavy (non-hydrogen) atoms. The normalized spacial score (nSPS) is 15.3. The minimum Gasteiger partial charge on any atom is -0.318 e. The van der Waals surface area contributed by atoms with Gasteiger partial charge in [0.05, 0.1) is 34.9 Å². The van der Waals surface area contributed by atoms with Crippen LogP contribution in [0.25, 0.3) is 0 Å². The van der Waals surface area contributed by atoms with Crippen molar-refractivity contribution in [2.75, 3.05) is 18.5 Å². The van der Waals surface area contributed by atoms with Gasteiger partial charge in [-0.3, -0.25) is 0 Å². The molecule has 6 rings (SSSR count). The maximum Gasteiger partial charge on any atom is 0.120 e. The van der Waals surface area contributed by atoms with Gasteiger partial charge >= 0.3 is 0 Å². The molecule has 278 valence electrons. The van der Waals surface area contributed by atoms with Crippen LogP contribution in [-0.4, -0.2) is 18.5 Å². The van der Waals surface area contributed by atoms with Gasteiger partial charge in [-0.25, -0.2) is 0 Å². The van der Waals surface area contributed by atoms with Gasteiger partial charge in [0.2, 0.25) is 0 Å². The zero-order chi connectivity index (χ0) is 39.7. The van der Waals surface area contributed by atoms with Crippen molar-refractivity contribution >= 4 is 37.3 Å². The van der Waals surface area contributed by atoms with Crippen LogP contribution in [-0.2, 0) is 32.2 Å². The van der Waals surface area contributed by atoms with Crippen LogP contribution in [0.1, 0.15) is 40.3 Å². The molecule has 0 saturated heterocycles. The van der Waals surface area contributed by atoms with Crippen molar-refractivity contribution in [3.05, 3.63) is 197 Å². The van der Waals surface area contributed by atoms with Gasteiger partial charge in [-0.05, 0) is 40.3 Å². The molecule has 3 atom stereocenters. The molecule has 3 unspecified atom stereocenters. The van der Waals surface area contributed by atoms with E-state index in [1.54, 1.807) is 36.4 Å². The second-order valence-corrected chi connectivity index (χ2v) is 23.5. The first-order valence-corrected chi connectivity index (χ1v) is 24.6. The molecule has 0 radical (unpaired) electrons. The fourth-order valence-corrected chi connectivity index (χ4v) is 18.9. The highest BCUT2D eigenvalue weighted by Crippen LogP contribution is 2.63. The fourth-order valence-electron chi connectivity index (χ4n) is 7.94. The molecule has 0 aromatic heterocycles. The van der Waals surface area contributed by atoms with Crippen LogP contribution in [0.3, 0.4) is 0 Å². The number of hydrogen-bond donors (Lipinski definition) is 0. The summed E-state index contributed by atoms with van der Waals surface area (Å²) in [4.78, 5) is 0. The Hall–Kier alpha value is -5.52. The summed E-state index contributed by atoms with van der Waals surface area (Å²) in [7, 11) is -10.5. The van der Waals surface area contributed by atoms with Gasteiger partial charge in [0.1, 0.15) is 21.4 Å². The van der Waals surface area contributed by atoms with Crippen molar-refractivity contribution < 1.29 is 13.7 Å². The molecular formula is C47H42N3O3P3. The van der Waals surface area contributed by atoms with E-state index in [1.165, 1.54) is 0 Å². The molecule has 0 bridgehead atoms. The third kappa shape index (κ3) is 9.29. The average Bonchev–Trinajstić information content (AvgIpc) is 3.22. The van der Waals surface area contributed by atoms with E-state index in [0.717, 1.165) is 0 Å². The smallest absolute Gasteiger partial charge is 0.120 e. The molecule has 0 amide bonds. The Labute approximate surface area is 330 Å². The molecule has 6 nitrogen and oxygen atoms in total. The summed E-state index contributed by atoms with van der Waals surface area (Å²) in [5, 5.41) is 32.1. The number of rotatable bonds is 15. The summed E-state index contributed by atoms with van der Waals surface area (Å²) in [5.74, 6) is 0. The standard InChI is InChI=1S/C47H42N3O3P3/c1-47(35-54(51,44-23-5-2-6-24-44)32-41-20-14-11-17-38(41)29-48,36-55(52,45-25-7-3-8-26-45)33-42-21-15-12-18-39(42)30-49)37-56(53,46-27-9-4-10-28-46)34-43-22-16-13-19-40(43)31-50/h2-28H,32-37H2,1H3. The zero-order valence-electron chi connectivity index (χ0n) is 31.2. The molecule has 0 aliphatic heterocycles. The second kappa shape index (κ2) is 17.5. The number of hydrogen-bond acceptors (Lipinski definition) is 6. The van der Waals surface area contributed by atoms with Crippen molar-refractivity contribution in [1.29, 1.82) is 15.8 Å². The second-order valence-electron chi connectivity index (χ2n) is 14.7. The minimum absolute atomic E-state index is 0.0389. The number of benzene rings is 6. The Morgan fingerprint density at radius 1 is 0.393 bits per heavy atom. The Kier molecular flexibility index (Phi) is 12.6. The SMILES string of the molecule is CC(CP(=O)(Cc1ccccc1C#N)c1ccccc1)(CP(=O)(Cc1ccccc1C#N)c1ccccc1)CP(=O)(Cc1ccccc1C#N)c1ccccc1. The van der Waals surface area contributed by atoms with Gasteiger partial charge in [0, 0.05) is 52.9 Å². The largest absolute Gasteiger partial charge is 0.318 e. The van der Waals surface area contributed by atoms with E-state index in [0.29, 0.717) is 49.3 Å². The summed E-state index contributed by atoms with van der Waals surface area (Å²) in [5.41, 5.74) is 2.12. The highest BCUT2D eigenvalue weighted by atomic mass is 31.2. The predicted octanol–water partition coefficient (Wildman–Crippen LogP) is 10.3. The predicted molar refractivity (Wildman–Crippen MR) is 228 cm³/mol. The Morgan fingerprint density at radius 3 is 0.875 bits per heavy atom. The molecule has 0 aliphatic rings. The topological polar surface area (TPSA) is 123 Å². The highest BCUT2D eigenvalue weighted by molar-refractivity contribution is 7.73. The van der Waals surface area contributed by atoms with Gasteiger partial charge in [-0.15, -0.1) is 0 Å². The van der Waals surface area contributed by atoms with E-state index < -0.39 is 26.8 Å². The summed E-state index contributed by atoms with van der Waals surface area (Å²) in [6, 6.07) is 56.0. The molecule has 0 aliphatic carbocycles. The third-order valence-corrected chi connectivity index (χ3v) is 20.4. The van der Waals surface area contributed by atoms with Crippen molar-refractivity contribution in [3.8, 4) is 18.2 Å². The van der Waals surface area contributed by atoms with Crippen LogP contribution < -0.4 is 15.9 Å². The van der Waals surface area contributed by atoms with Gasteiger partial charge in [0.15, 0.2) is 0 Å². The lowest BCUT2D eigenvalue weighted by Crippen LogP contribution is -2.36. The van der Waals surface area contributed by atoms with Crippen LogP contribution in [0.4, 0.5) is 0 Å². The summed E-state index contributed by atoms with van der Waals surface area (Å²) >= 11 is 0. The lowest BCUT2D eigenvalue weighted by molar-refractivity contribution is 0.454. The molecule has 0 saturated carbocycles. The zero-order valence-corrected chi connectivity index (χ0v) is 33.9. The quantitative estimate of drug-likeness (QED) is 0.0955. The van der Waals surface area contributed by atoms with Crippen LogP contribution in [0.2, 0.25) is 0 Å². The first-order chi connectivity index (χ1) is 27.0. The van der Waals surface area contributed by atoms with Gasteiger partial charge in [0.25, 0.3) is 0 Å². The lowest BCUT2D eigenvalue weighted by atomic mass is 9.99. The summed E-state index contributed by atoms with van der Waals surface area (Å²) in [6.45, 7) is 1.95. The van der Waals surface area contributed by atoms with Crippen molar-refractivity contribution in [2.45, 2.75) is 25.4 Å². The maximum absolute atomic E-state index is 16.1. The number of nitriles is 3. The number of nitrogens with zero attached hydrogens (tertiary/aromatic N) is 3. The molecular weight excluding hydrogens is 747 g/mol. The Balaban J connectivity index is 1.58. The molecule has 0 spiro atoms. The lowest BCUT2D eigenvalue weighted by Gasteiger charge is -2.39. The molecule has 0 N–H and O–H groups in total. The van der Waals surface area contributed by atoms with E-state index in [1.807, 2.05) is 134 Å². The third-order valence-electron chi connectivity index (χ3n) is 10.3. The van der Waals surface area contributed by atoms with Gasteiger partial charge in [-0.1, -0.05) is 153 Å². The van der Waals surface area contributed by atoms with E-state index in [2.05, 4.69) is 18.2 Å². The van der Waals surface area contributed by atoms with Crippen molar-refractivity contribution in [2.24, 2.45) is 5.41 Å². The van der Waals surface area contributed by atoms with Crippen LogP contribution in [0, 0.1) is 39.4 Å². The van der Waals surface area contributed by atoms with Gasteiger partial charge < -0.3 is 13.7 Å². The van der Waals surface area contributed by atoms with E-state index in [9.17, 15) is 15.8 Å².